The molecule has 0 aromatic rings. The summed E-state index contributed by atoms with van der Waals surface area (Å²) >= 11 is 0. The van der Waals surface area contributed by atoms with Crippen molar-refractivity contribution in [1.82, 2.24) is 10.2 Å². The lowest BCUT2D eigenvalue weighted by atomic mass is 9.80. The van der Waals surface area contributed by atoms with E-state index in [-0.39, 0.29) is 11.8 Å². The number of rotatable bonds is 2. The van der Waals surface area contributed by atoms with E-state index in [0.29, 0.717) is 18.9 Å². The molecule has 106 valence electrons. The topological polar surface area (TPSA) is 49.4 Å². The molecule has 2 amide bonds. The first-order valence-electron chi connectivity index (χ1n) is 7.80. The van der Waals surface area contributed by atoms with Gasteiger partial charge >= 0.3 is 0 Å². The third-order valence-electron chi connectivity index (χ3n) is 5.09. The molecule has 4 nitrogen and oxygen atoms in total. The maximum Gasteiger partial charge on any atom is 0.248 e. The Morgan fingerprint density at radius 2 is 1.84 bits per heavy atom. The molecule has 3 fully saturated rings. The van der Waals surface area contributed by atoms with Gasteiger partial charge in [0.1, 0.15) is 5.54 Å². The number of nitrogens with one attached hydrogen (secondary N) is 1. The second-order valence-corrected chi connectivity index (χ2v) is 6.49. The lowest BCUT2D eigenvalue weighted by molar-refractivity contribution is -0.141. The highest BCUT2D eigenvalue weighted by Gasteiger charge is 2.45. The van der Waals surface area contributed by atoms with E-state index >= 15 is 0 Å². The van der Waals surface area contributed by atoms with E-state index in [9.17, 15) is 9.59 Å². The van der Waals surface area contributed by atoms with E-state index in [1.54, 1.807) is 0 Å². The number of hydrogen-bond acceptors (Lipinski definition) is 2. The largest absolute Gasteiger partial charge is 0.342 e. The Morgan fingerprint density at radius 1 is 1.11 bits per heavy atom. The van der Waals surface area contributed by atoms with Gasteiger partial charge in [-0.1, -0.05) is 25.7 Å². The summed E-state index contributed by atoms with van der Waals surface area (Å²) in [6.45, 7) is 1.48. The van der Waals surface area contributed by atoms with Gasteiger partial charge in [-0.3, -0.25) is 9.59 Å². The van der Waals surface area contributed by atoms with Gasteiger partial charge in [-0.15, -0.1) is 0 Å². The van der Waals surface area contributed by atoms with Crippen molar-refractivity contribution in [3.63, 3.8) is 0 Å². The van der Waals surface area contributed by atoms with Gasteiger partial charge in [-0.2, -0.15) is 0 Å². The molecule has 0 radical (unpaired) electrons. The highest BCUT2D eigenvalue weighted by Crippen LogP contribution is 2.33. The first-order valence-corrected chi connectivity index (χ1v) is 7.80. The molecule has 1 aliphatic heterocycles. The summed E-state index contributed by atoms with van der Waals surface area (Å²) < 4.78 is 0. The maximum absolute atomic E-state index is 12.9. The highest BCUT2D eigenvalue weighted by atomic mass is 16.2. The molecule has 2 aliphatic carbocycles. The van der Waals surface area contributed by atoms with Crippen LogP contribution in [0.1, 0.15) is 57.8 Å². The van der Waals surface area contributed by atoms with Crippen LogP contribution in [0.5, 0.6) is 0 Å². The molecule has 0 aromatic heterocycles. The van der Waals surface area contributed by atoms with Gasteiger partial charge in [0.05, 0.1) is 0 Å². The summed E-state index contributed by atoms with van der Waals surface area (Å²) in [4.78, 5) is 26.8. The van der Waals surface area contributed by atoms with Crippen LogP contribution < -0.4 is 5.32 Å². The monoisotopic (exact) mass is 264 g/mol. The third kappa shape index (κ3) is 2.49. The van der Waals surface area contributed by atoms with Crippen LogP contribution in [0.25, 0.3) is 0 Å². The average Bonchev–Trinajstić information content (AvgIpc) is 2.46. The van der Waals surface area contributed by atoms with Crippen molar-refractivity contribution in [2.75, 3.05) is 13.1 Å². The van der Waals surface area contributed by atoms with Gasteiger partial charge in [0, 0.05) is 19.5 Å². The van der Waals surface area contributed by atoms with Crippen molar-refractivity contribution < 1.29 is 9.59 Å². The molecule has 1 N–H and O–H groups in total. The number of hydrogen-bond donors (Lipinski definition) is 1. The van der Waals surface area contributed by atoms with Crippen molar-refractivity contribution in [2.45, 2.75) is 63.3 Å². The van der Waals surface area contributed by atoms with E-state index < -0.39 is 5.54 Å². The van der Waals surface area contributed by atoms with E-state index in [1.165, 1.54) is 25.7 Å². The van der Waals surface area contributed by atoms with Gasteiger partial charge in [-0.25, -0.2) is 0 Å². The lowest BCUT2D eigenvalue weighted by Gasteiger charge is -2.40. The fourth-order valence-electron chi connectivity index (χ4n) is 3.68. The minimum atomic E-state index is -0.560. The normalized spacial score (nSPS) is 27.9. The number of carbonyl (C=O) groups is 2. The van der Waals surface area contributed by atoms with Gasteiger partial charge < -0.3 is 10.2 Å². The first-order chi connectivity index (χ1) is 9.20. The Labute approximate surface area is 114 Å². The zero-order valence-corrected chi connectivity index (χ0v) is 11.6. The number of nitrogens with zero attached hydrogens (tertiary/aromatic N) is 1. The molecule has 3 aliphatic rings. The summed E-state index contributed by atoms with van der Waals surface area (Å²) in [6, 6.07) is 0. The summed E-state index contributed by atoms with van der Waals surface area (Å²) in [5.41, 5.74) is -0.560. The van der Waals surface area contributed by atoms with Crippen LogP contribution >= 0.6 is 0 Å². The molecule has 1 saturated heterocycles. The van der Waals surface area contributed by atoms with E-state index in [1.807, 2.05) is 4.90 Å². The van der Waals surface area contributed by atoms with E-state index in [4.69, 9.17) is 0 Å². The van der Waals surface area contributed by atoms with Crippen molar-refractivity contribution in [1.29, 1.82) is 0 Å². The van der Waals surface area contributed by atoms with Gasteiger partial charge in [-0.05, 0) is 31.6 Å². The van der Waals surface area contributed by atoms with Crippen LogP contribution in [0.2, 0.25) is 0 Å². The minimum Gasteiger partial charge on any atom is -0.342 e. The van der Waals surface area contributed by atoms with Crippen molar-refractivity contribution in [2.24, 2.45) is 5.92 Å². The fraction of sp³-hybridized carbons (Fsp3) is 0.867. The van der Waals surface area contributed by atoms with Gasteiger partial charge in [0.25, 0.3) is 0 Å². The van der Waals surface area contributed by atoms with Crippen LogP contribution in [0.4, 0.5) is 0 Å². The molecular weight excluding hydrogens is 240 g/mol. The molecule has 0 bridgehead atoms. The molecule has 1 heterocycles. The zero-order chi connectivity index (χ0) is 13.3. The molecule has 0 unspecified atom stereocenters. The van der Waals surface area contributed by atoms with Crippen molar-refractivity contribution >= 4 is 11.8 Å². The maximum atomic E-state index is 12.9. The minimum absolute atomic E-state index is 0.0614. The van der Waals surface area contributed by atoms with Crippen molar-refractivity contribution in [3.05, 3.63) is 0 Å². The fourth-order valence-corrected chi connectivity index (χ4v) is 3.68. The summed E-state index contributed by atoms with van der Waals surface area (Å²) in [6.07, 6.45) is 9.24. The van der Waals surface area contributed by atoms with Crippen LogP contribution in [0, 0.1) is 5.92 Å². The Bertz CT molecular complexity index is 370. The molecule has 1 spiro atoms. The van der Waals surface area contributed by atoms with Crippen LogP contribution in [-0.2, 0) is 9.59 Å². The molecule has 0 atom stereocenters. The molecule has 0 aromatic carbocycles. The van der Waals surface area contributed by atoms with Gasteiger partial charge in [0.15, 0.2) is 0 Å². The highest BCUT2D eigenvalue weighted by molar-refractivity contribution is 5.93. The second-order valence-electron chi connectivity index (χ2n) is 6.49. The zero-order valence-electron chi connectivity index (χ0n) is 11.6. The Kier molecular flexibility index (Phi) is 3.50. The third-order valence-corrected chi connectivity index (χ3v) is 5.09. The Morgan fingerprint density at radius 3 is 2.47 bits per heavy atom. The molecule has 4 heteroatoms. The number of amides is 2. The summed E-state index contributed by atoms with van der Waals surface area (Å²) in [7, 11) is 0. The molecule has 2 saturated carbocycles. The first kappa shape index (κ1) is 12.9. The predicted molar refractivity (Wildman–Crippen MR) is 72.5 cm³/mol. The lowest BCUT2D eigenvalue weighted by Crippen LogP contribution is -2.58. The molecule has 19 heavy (non-hydrogen) atoms. The number of carbonyl (C=O) groups excluding carboxylic acids is 2. The van der Waals surface area contributed by atoms with Crippen LogP contribution in [0.15, 0.2) is 0 Å². The quantitative estimate of drug-likeness (QED) is 0.827. The standard InChI is InChI=1S/C15H24N2O2/c18-13-7-10-17(11-12-5-4-6-12)14(19)15(16-13)8-2-1-3-9-15/h12H,1-11H2,(H,16,18). The van der Waals surface area contributed by atoms with Gasteiger partial charge in [0.2, 0.25) is 11.8 Å². The molecule has 3 rings (SSSR count). The molecular formula is C15H24N2O2. The average molecular weight is 264 g/mol. The Hall–Kier alpha value is -1.06. The second kappa shape index (κ2) is 5.14. The van der Waals surface area contributed by atoms with Crippen LogP contribution in [0.3, 0.4) is 0 Å². The smallest absolute Gasteiger partial charge is 0.248 e. The van der Waals surface area contributed by atoms with E-state index in [2.05, 4.69) is 5.32 Å². The van der Waals surface area contributed by atoms with E-state index in [0.717, 1.165) is 32.2 Å². The predicted octanol–water partition coefficient (Wildman–Crippen LogP) is 1.84. The summed E-state index contributed by atoms with van der Waals surface area (Å²) in [5, 5.41) is 3.05. The van der Waals surface area contributed by atoms with Crippen molar-refractivity contribution in [3.8, 4) is 0 Å². The SMILES string of the molecule is O=C1CCN(CC2CCC2)C(=O)C2(CCCCC2)N1. The summed E-state index contributed by atoms with van der Waals surface area (Å²) in [5.74, 6) is 0.939. The van der Waals surface area contributed by atoms with Crippen LogP contribution in [-0.4, -0.2) is 35.3 Å². The Balaban J connectivity index is 1.76.